The lowest BCUT2D eigenvalue weighted by Gasteiger charge is -2.09. The van der Waals surface area contributed by atoms with E-state index in [1.807, 2.05) is 36.6 Å². The summed E-state index contributed by atoms with van der Waals surface area (Å²) < 4.78 is 3.22. The zero-order chi connectivity index (χ0) is 17.8. The number of carbonyl (C=O) groups is 1. The Morgan fingerprint density at radius 3 is 2.72 bits per heavy atom. The maximum Gasteiger partial charge on any atom is 0.245 e. The van der Waals surface area contributed by atoms with Crippen molar-refractivity contribution >= 4 is 39.4 Å². The van der Waals surface area contributed by atoms with Crippen LogP contribution in [0.5, 0.6) is 0 Å². The Bertz CT molecular complexity index is 896. The van der Waals surface area contributed by atoms with Crippen LogP contribution in [0.25, 0.3) is 5.69 Å². The average Bonchev–Trinajstić information content (AvgIpc) is 3.17. The summed E-state index contributed by atoms with van der Waals surface area (Å²) in [4.78, 5) is 12.9. The first-order valence-corrected chi connectivity index (χ1v) is 9.51. The van der Waals surface area contributed by atoms with Gasteiger partial charge in [-0.15, -0.1) is 11.3 Å². The smallest absolute Gasteiger partial charge is 0.245 e. The van der Waals surface area contributed by atoms with Crippen molar-refractivity contribution in [3.05, 3.63) is 74.1 Å². The monoisotopic (exact) mass is 415 g/mol. The largest absolute Gasteiger partial charge is 0.318 e. The number of amides is 1. The molecule has 0 radical (unpaired) electrons. The fraction of sp³-hybridized carbons (Fsp3) is 0.158. The summed E-state index contributed by atoms with van der Waals surface area (Å²) in [7, 11) is 0. The number of nitrogens with zero attached hydrogens (tertiary/aromatic N) is 2. The molecule has 2 heterocycles. The molecule has 0 aliphatic rings. The first-order valence-electron chi connectivity index (χ1n) is 7.84. The van der Waals surface area contributed by atoms with E-state index in [0.717, 1.165) is 32.0 Å². The van der Waals surface area contributed by atoms with Crippen molar-refractivity contribution < 1.29 is 4.79 Å². The second-order valence-electron chi connectivity index (χ2n) is 5.69. The zero-order valence-corrected chi connectivity index (χ0v) is 16.4. The topological polar surface area (TPSA) is 46.4 Å². The lowest BCUT2D eigenvalue weighted by atomic mass is 10.2. The minimum Gasteiger partial charge on any atom is -0.318 e. The highest BCUT2D eigenvalue weighted by molar-refractivity contribution is 9.10. The lowest BCUT2D eigenvalue weighted by molar-refractivity contribution is -0.120. The van der Waals surface area contributed by atoms with Crippen LogP contribution in [0, 0.1) is 13.8 Å². The van der Waals surface area contributed by atoms with Gasteiger partial charge in [-0.1, -0.05) is 22.0 Å². The number of aryl methyl sites for hydroxylation is 1. The van der Waals surface area contributed by atoms with Crippen molar-refractivity contribution in [1.29, 1.82) is 0 Å². The fourth-order valence-electron chi connectivity index (χ4n) is 2.69. The molecule has 3 aromatic rings. The van der Waals surface area contributed by atoms with E-state index < -0.39 is 0 Å². The molecule has 0 unspecified atom stereocenters. The van der Waals surface area contributed by atoms with Gasteiger partial charge in [0, 0.05) is 32.0 Å². The molecule has 4 nitrogen and oxygen atoms in total. The van der Waals surface area contributed by atoms with E-state index >= 15 is 0 Å². The molecule has 3 rings (SSSR count). The summed E-state index contributed by atoms with van der Waals surface area (Å²) in [5.74, 6) is -0.111. The van der Waals surface area contributed by atoms with E-state index in [2.05, 4.69) is 56.1 Å². The second-order valence-corrected chi connectivity index (χ2v) is 7.64. The molecule has 128 valence electrons. The van der Waals surface area contributed by atoms with Gasteiger partial charge in [-0.3, -0.25) is 4.79 Å². The molecule has 0 saturated carbocycles. The number of aromatic nitrogens is 1. The van der Waals surface area contributed by atoms with E-state index in [4.69, 9.17) is 0 Å². The van der Waals surface area contributed by atoms with Gasteiger partial charge in [0.05, 0.1) is 12.6 Å². The summed E-state index contributed by atoms with van der Waals surface area (Å²) in [5.41, 5.74) is 6.87. The molecule has 6 heteroatoms. The molecule has 1 N–H and O–H groups in total. The first kappa shape index (κ1) is 17.6. The van der Waals surface area contributed by atoms with Crippen LogP contribution in [-0.2, 0) is 11.2 Å². The van der Waals surface area contributed by atoms with E-state index in [0.29, 0.717) is 6.42 Å². The van der Waals surface area contributed by atoms with Gasteiger partial charge in [-0.05, 0) is 55.6 Å². The number of carbonyl (C=O) groups excluding carboxylic acids is 1. The second kappa shape index (κ2) is 7.80. The van der Waals surface area contributed by atoms with Gasteiger partial charge >= 0.3 is 0 Å². The van der Waals surface area contributed by atoms with Gasteiger partial charge in [0.1, 0.15) is 0 Å². The van der Waals surface area contributed by atoms with E-state index in [9.17, 15) is 4.79 Å². The highest BCUT2D eigenvalue weighted by Gasteiger charge is 2.09. The number of halogens is 1. The van der Waals surface area contributed by atoms with Crippen molar-refractivity contribution in [2.45, 2.75) is 20.3 Å². The van der Waals surface area contributed by atoms with Crippen LogP contribution in [0.4, 0.5) is 0 Å². The minimum absolute atomic E-state index is 0.111. The third kappa shape index (κ3) is 4.27. The third-order valence-electron chi connectivity index (χ3n) is 3.86. The molecule has 0 spiro atoms. The van der Waals surface area contributed by atoms with Crippen LogP contribution in [-0.4, -0.2) is 16.7 Å². The number of hydrogen-bond donors (Lipinski definition) is 1. The van der Waals surface area contributed by atoms with Crippen LogP contribution < -0.4 is 5.43 Å². The molecule has 0 bridgehead atoms. The Hall–Kier alpha value is -2.18. The number of hydrazone groups is 1. The molecule has 0 atom stereocenters. The van der Waals surface area contributed by atoms with Crippen LogP contribution in [0.1, 0.15) is 21.8 Å². The van der Waals surface area contributed by atoms with Crippen molar-refractivity contribution in [3.63, 3.8) is 0 Å². The Kier molecular flexibility index (Phi) is 5.50. The highest BCUT2D eigenvalue weighted by Crippen LogP contribution is 2.21. The molecular weight excluding hydrogens is 398 g/mol. The maximum atomic E-state index is 11.9. The normalized spacial score (nSPS) is 11.2. The predicted octanol–water partition coefficient (Wildman–Crippen LogP) is 4.61. The molecule has 25 heavy (non-hydrogen) atoms. The van der Waals surface area contributed by atoms with Crippen molar-refractivity contribution in [2.24, 2.45) is 5.10 Å². The quantitative estimate of drug-likeness (QED) is 0.479. The number of hydrogen-bond acceptors (Lipinski definition) is 3. The van der Waals surface area contributed by atoms with E-state index in [-0.39, 0.29) is 5.91 Å². The van der Waals surface area contributed by atoms with Crippen LogP contribution >= 0.6 is 27.3 Å². The Balaban J connectivity index is 1.72. The third-order valence-corrected chi connectivity index (χ3v) is 5.27. The SMILES string of the molecule is Cc1cc(/C=N\NC(=O)Cc2cccs2)c(C)n1-c1ccc(Br)cc1. The molecule has 0 aliphatic carbocycles. The number of thiophene rings is 1. The Morgan fingerprint density at radius 2 is 2.04 bits per heavy atom. The van der Waals surface area contributed by atoms with Gasteiger partial charge < -0.3 is 4.57 Å². The van der Waals surface area contributed by atoms with Crippen LogP contribution in [0.2, 0.25) is 0 Å². The van der Waals surface area contributed by atoms with E-state index in [1.54, 1.807) is 17.6 Å². The van der Waals surface area contributed by atoms with Crippen LogP contribution in [0.15, 0.2) is 57.4 Å². The summed E-state index contributed by atoms with van der Waals surface area (Å²) in [6, 6.07) is 14.1. The lowest BCUT2D eigenvalue weighted by Crippen LogP contribution is -2.19. The first-order chi connectivity index (χ1) is 12.0. The predicted molar refractivity (Wildman–Crippen MR) is 107 cm³/mol. The van der Waals surface area contributed by atoms with Crippen molar-refractivity contribution in [3.8, 4) is 5.69 Å². The molecular formula is C19H18BrN3OS. The van der Waals surface area contributed by atoms with Gasteiger partial charge in [0.2, 0.25) is 5.91 Å². The summed E-state index contributed by atoms with van der Waals surface area (Å²) >= 11 is 5.03. The van der Waals surface area contributed by atoms with Crippen molar-refractivity contribution in [1.82, 2.24) is 9.99 Å². The molecule has 1 amide bonds. The summed E-state index contributed by atoms with van der Waals surface area (Å²) in [6.45, 7) is 4.10. The van der Waals surface area contributed by atoms with Crippen LogP contribution in [0.3, 0.4) is 0 Å². The number of benzene rings is 1. The van der Waals surface area contributed by atoms with Gasteiger partial charge in [-0.2, -0.15) is 5.10 Å². The minimum atomic E-state index is -0.111. The molecule has 2 aromatic heterocycles. The summed E-state index contributed by atoms with van der Waals surface area (Å²) in [5, 5.41) is 6.07. The van der Waals surface area contributed by atoms with Gasteiger partial charge in [0.15, 0.2) is 0 Å². The average molecular weight is 416 g/mol. The molecule has 1 aromatic carbocycles. The van der Waals surface area contributed by atoms with E-state index in [1.165, 1.54) is 0 Å². The fourth-order valence-corrected chi connectivity index (χ4v) is 3.66. The number of rotatable bonds is 5. The van der Waals surface area contributed by atoms with Gasteiger partial charge in [0.25, 0.3) is 0 Å². The van der Waals surface area contributed by atoms with Crippen molar-refractivity contribution in [2.75, 3.05) is 0 Å². The zero-order valence-electron chi connectivity index (χ0n) is 14.0. The maximum absolute atomic E-state index is 11.9. The Morgan fingerprint density at radius 1 is 1.28 bits per heavy atom. The molecule has 0 saturated heterocycles. The number of nitrogens with one attached hydrogen (secondary N) is 1. The Labute approximate surface area is 159 Å². The van der Waals surface area contributed by atoms with Gasteiger partial charge in [-0.25, -0.2) is 5.43 Å². The highest BCUT2D eigenvalue weighted by atomic mass is 79.9. The summed E-state index contributed by atoms with van der Waals surface area (Å²) in [6.07, 6.45) is 2.05. The standard InChI is InChI=1S/C19H18BrN3OS/c1-13-10-15(12-21-22-19(24)11-18-4-3-9-25-18)14(2)23(13)17-7-5-16(20)6-8-17/h3-10,12H,11H2,1-2H3,(H,22,24)/b21-12-. The molecule has 0 aliphatic heterocycles. The molecule has 0 fully saturated rings.